The summed E-state index contributed by atoms with van der Waals surface area (Å²) in [5.74, 6) is -0.183. The first kappa shape index (κ1) is 13.7. The van der Waals surface area contributed by atoms with Gasteiger partial charge in [0.1, 0.15) is 5.75 Å². The third-order valence-electron chi connectivity index (χ3n) is 2.56. The number of carbonyl (C=O) groups excluding carboxylic acids is 1. The van der Waals surface area contributed by atoms with Crippen molar-refractivity contribution >= 4 is 17.1 Å². The van der Waals surface area contributed by atoms with E-state index < -0.39 is 6.61 Å². The Bertz CT molecular complexity index is 578. The van der Waals surface area contributed by atoms with Gasteiger partial charge in [0.05, 0.1) is 4.88 Å². The number of rotatable bonds is 5. The molecule has 0 spiro atoms. The molecule has 2 nitrogen and oxygen atoms in total. The minimum atomic E-state index is -2.89. The lowest BCUT2D eigenvalue weighted by Gasteiger charge is -2.05. The van der Waals surface area contributed by atoms with Crippen molar-refractivity contribution in [3.63, 3.8) is 0 Å². The summed E-state index contributed by atoms with van der Waals surface area (Å²) in [4.78, 5) is 13.9. The molecule has 1 heterocycles. The van der Waals surface area contributed by atoms with Crippen molar-refractivity contribution in [3.8, 4) is 5.75 Å². The van der Waals surface area contributed by atoms with Gasteiger partial charge in [-0.15, -0.1) is 11.3 Å². The molecule has 0 unspecified atom stereocenters. The lowest BCUT2D eigenvalue weighted by molar-refractivity contribution is -0.0498. The second-order valence-corrected chi connectivity index (χ2v) is 5.02. The van der Waals surface area contributed by atoms with Crippen LogP contribution in [0.25, 0.3) is 0 Å². The predicted molar refractivity (Wildman–Crippen MR) is 70.2 cm³/mol. The van der Waals surface area contributed by atoms with E-state index in [1.165, 1.54) is 29.5 Å². The summed E-state index contributed by atoms with van der Waals surface area (Å²) < 4.78 is 28.5. The number of alkyl halides is 2. The Morgan fingerprint density at radius 1 is 1.32 bits per heavy atom. The van der Waals surface area contributed by atoms with Crippen LogP contribution in [-0.4, -0.2) is 12.4 Å². The molecule has 0 fully saturated rings. The first-order chi connectivity index (χ1) is 9.10. The van der Waals surface area contributed by atoms with E-state index in [9.17, 15) is 13.6 Å². The van der Waals surface area contributed by atoms with E-state index >= 15 is 0 Å². The molecule has 0 saturated carbocycles. The maximum atomic E-state index is 12.2. The highest BCUT2D eigenvalue weighted by atomic mass is 32.1. The number of aryl methyl sites for hydroxylation is 1. The maximum Gasteiger partial charge on any atom is 0.387 e. The van der Waals surface area contributed by atoms with Crippen molar-refractivity contribution in [2.24, 2.45) is 0 Å². The highest BCUT2D eigenvalue weighted by molar-refractivity contribution is 7.14. The highest BCUT2D eigenvalue weighted by Gasteiger charge is 2.13. The van der Waals surface area contributed by atoms with Gasteiger partial charge in [-0.1, -0.05) is 19.1 Å². The van der Waals surface area contributed by atoms with E-state index in [4.69, 9.17) is 0 Å². The van der Waals surface area contributed by atoms with Crippen molar-refractivity contribution in [3.05, 3.63) is 51.7 Å². The Balaban J connectivity index is 2.23. The Morgan fingerprint density at radius 3 is 2.74 bits per heavy atom. The molecular formula is C14H12F2O2S. The third-order valence-corrected chi connectivity index (χ3v) is 3.78. The Morgan fingerprint density at radius 2 is 2.11 bits per heavy atom. The third kappa shape index (κ3) is 3.38. The molecule has 0 bridgehead atoms. The summed E-state index contributed by atoms with van der Waals surface area (Å²) in [5, 5.41) is 0. The predicted octanol–water partition coefficient (Wildman–Crippen LogP) is 4.14. The normalized spacial score (nSPS) is 10.7. The van der Waals surface area contributed by atoms with Crippen LogP contribution in [0.15, 0.2) is 36.4 Å². The van der Waals surface area contributed by atoms with E-state index in [-0.39, 0.29) is 11.5 Å². The van der Waals surface area contributed by atoms with Crippen molar-refractivity contribution in [2.45, 2.75) is 20.0 Å². The van der Waals surface area contributed by atoms with Gasteiger partial charge in [-0.3, -0.25) is 4.79 Å². The molecule has 0 N–H and O–H groups in total. The molecule has 5 heteroatoms. The summed E-state index contributed by atoms with van der Waals surface area (Å²) >= 11 is 1.42. The molecular weight excluding hydrogens is 270 g/mol. The van der Waals surface area contributed by atoms with Gasteiger partial charge in [0.15, 0.2) is 0 Å². The molecule has 100 valence electrons. The van der Waals surface area contributed by atoms with Crippen LogP contribution in [0, 0.1) is 0 Å². The van der Waals surface area contributed by atoms with Gasteiger partial charge in [-0.25, -0.2) is 0 Å². The molecule has 2 rings (SSSR count). The number of halogens is 2. The SMILES string of the molecule is CCc1ccc(C(=O)c2cccc(OC(F)F)c2)s1. The molecule has 1 aromatic carbocycles. The summed E-state index contributed by atoms with van der Waals surface area (Å²) in [6.07, 6.45) is 0.868. The van der Waals surface area contributed by atoms with Crippen molar-refractivity contribution < 1.29 is 18.3 Å². The topological polar surface area (TPSA) is 26.3 Å². The lowest BCUT2D eigenvalue weighted by atomic mass is 10.1. The number of thiophene rings is 1. The highest BCUT2D eigenvalue weighted by Crippen LogP contribution is 2.23. The first-order valence-electron chi connectivity index (χ1n) is 5.78. The second kappa shape index (κ2) is 5.93. The van der Waals surface area contributed by atoms with Crippen LogP contribution in [0.2, 0.25) is 0 Å². The van der Waals surface area contributed by atoms with E-state index in [0.717, 1.165) is 11.3 Å². The number of benzene rings is 1. The van der Waals surface area contributed by atoms with Crippen molar-refractivity contribution in [1.82, 2.24) is 0 Å². The monoisotopic (exact) mass is 282 g/mol. The zero-order chi connectivity index (χ0) is 13.8. The molecule has 0 aliphatic carbocycles. The zero-order valence-electron chi connectivity index (χ0n) is 10.2. The summed E-state index contributed by atoms with van der Waals surface area (Å²) in [6, 6.07) is 9.50. The summed E-state index contributed by atoms with van der Waals surface area (Å²) in [5.41, 5.74) is 0.350. The average molecular weight is 282 g/mol. The van der Waals surface area contributed by atoms with Crippen LogP contribution in [0.4, 0.5) is 8.78 Å². The fourth-order valence-corrected chi connectivity index (χ4v) is 2.56. The van der Waals surface area contributed by atoms with Crippen LogP contribution in [0.1, 0.15) is 27.0 Å². The fourth-order valence-electron chi connectivity index (χ4n) is 1.65. The molecule has 0 atom stereocenters. The number of hydrogen-bond acceptors (Lipinski definition) is 3. The zero-order valence-corrected chi connectivity index (χ0v) is 11.0. The van der Waals surface area contributed by atoms with E-state index in [2.05, 4.69) is 4.74 Å². The maximum absolute atomic E-state index is 12.2. The molecule has 0 radical (unpaired) electrons. The molecule has 0 saturated heterocycles. The summed E-state index contributed by atoms with van der Waals surface area (Å²) in [7, 11) is 0. The Kier molecular flexibility index (Phi) is 4.27. The van der Waals surface area contributed by atoms with Gasteiger partial charge in [-0.2, -0.15) is 8.78 Å². The number of carbonyl (C=O) groups is 1. The minimum Gasteiger partial charge on any atom is -0.435 e. The second-order valence-electron chi connectivity index (χ2n) is 3.85. The van der Waals surface area contributed by atoms with Gasteiger partial charge >= 0.3 is 6.61 Å². The Hall–Kier alpha value is -1.75. The first-order valence-corrected chi connectivity index (χ1v) is 6.60. The van der Waals surface area contributed by atoms with Gasteiger partial charge < -0.3 is 4.74 Å². The van der Waals surface area contributed by atoms with Crippen LogP contribution < -0.4 is 4.74 Å². The molecule has 1 aromatic heterocycles. The average Bonchev–Trinajstić information content (AvgIpc) is 2.86. The smallest absolute Gasteiger partial charge is 0.387 e. The van der Waals surface area contributed by atoms with Gasteiger partial charge in [0.25, 0.3) is 0 Å². The molecule has 0 aliphatic heterocycles. The summed E-state index contributed by atoms with van der Waals surface area (Å²) in [6.45, 7) is -0.879. The van der Waals surface area contributed by atoms with Gasteiger partial charge in [-0.05, 0) is 30.7 Å². The van der Waals surface area contributed by atoms with Crippen LogP contribution >= 0.6 is 11.3 Å². The van der Waals surface area contributed by atoms with E-state index in [1.807, 2.05) is 13.0 Å². The van der Waals surface area contributed by atoms with Crippen molar-refractivity contribution in [2.75, 3.05) is 0 Å². The van der Waals surface area contributed by atoms with Gasteiger partial charge in [0, 0.05) is 10.4 Å². The largest absolute Gasteiger partial charge is 0.435 e. The van der Waals surface area contributed by atoms with Crippen LogP contribution in [0.5, 0.6) is 5.75 Å². The molecule has 0 amide bonds. The number of ketones is 1. The quantitative estimate of drug-likeness (QED) is 0.770. The van der Waals surface area contributed by atoms with Crippen LogP contribution in [-0.2, 0) is 6.42 Å². The number of hydrogen-bond donors (Lipinski definition) is 0. The fraction of sp³-hybridized carbons (Fsp3) is 0.214. The molecule has 0 aliphatic rings. The minimum absolute atomic E-state index is 0.00637. The molecule has 19 heavy (non-hydrogen) atoms. The standard InChI is InChI=1S/C14H12F2O2S/c1-2-11-6-7-12(19-11)13(17)9-4-3-5-10(8-9)18-14(15)16/h3-8,14H,2H2,1H3. The molecule has 2 aromatic rings. The van der Waals surface area contributed by atoms with Crippen molar-refractivity contribution in [1.29, 1.82) is 0 Å². The van der Waals surface area contributed by atoms with Gasteiger partial charge in [0.2, 0.25) is 5.78 Å². The lowest BCUT2D eigenvalue weighted by Crippen LogP contribution is -2.04. The number of ether oxygens (including phenoxy) is 1. The van der Waals surface area contributed by atoms with E-state index in [1.54, 1.807) is 12.1 Å². The Labute approximate surface area is 113 Å². The van der Waals surface area contributed by atoms with E-state index in [0.29, 0.717) is 10.4 Å². The van der Waals surface area contributed by atoms with Crippen LogP contribution in [0.3, 0.4) is 0 Å².